The van der Waals surface area contributed by atoms with Crippen molar-refractivity contribution in [2.45, 2.75) is 18.5 Å². The zero-order valence-electron chi connectivity index (χ0n) is 11.4. The van der Waals surface area contributed by atoms with Crippen molar-refractivity contribution in [2.24, 2.45) is 0 Å². The first-order chi connectivity index (χ1) is 10.2. The van der Waals surface area contributed by atoms with E-state index in [1.807, 2.05) is 0 Å². The van der Waals surface area contributed by atoms with Gasteiger partial charge in [-0.2, -0.15) is 26.3 Å². The molecule has 0 heterocycles. The van der Waals surface area contributed by atoms with Crippen LogP contribution in [0.3, 0.4) is 0 Å². The number of rotatable bonds is 4. The van der Waals surface area contributed by atoms with Gasteiger partial charge in [0.2, 0.25) is 0 Å². The SMILES string of the molecule is FC(F)(F)COCC(F)(F)F.Nc1ccc(CP(=O)(O)O)cc1. The van der Waals surface area contributed by atoms with Crippen LogP contribution >= 0.6 is 7.60 Å². The van der Waals surface area contributed by atoms with Crippen LogP contribution in [0.5, 0.6) is 0 Å². The van der Waals surface area contributed by atoms with Gasteiger partial charge in [-0.3, -0.25) is 4.57 Å². The van der Waals surface area contributed by atoms with Gasteiger partial charge in [0.25, 0.3) is 0 Å². The second-order valence-electron chi connectivity index (χ2n) is 4.29. The van der Waals surface area contributed by atoms with Crippen molar-refractivity contribution in [1.29, 1.82) is 0 Å². The van der Waals surface area contributed by atoms with E-state index in [4.69, 9.17) is 15.5 Å². The Morgan fingerprint density at radius 3 is 1.65 bits per heavy atom. The molecule has 1 rings (SSSR count). The van der Waals surface area contributed by atoms with Crippen LogP contribution < -0.4 is 5.73 Å². The summed E-state index contributed by atoms with van der Waals surface area (Å²) in [5, 5.41) is 0. The number of anilines is 1. The normalized spacial score (nSPS) is 12.5. The average molecular weight is 369 g/mol. The van der Waals surface area contributed by atoms with Gasteiger partial charge in [0.1, 0.15) is 13.2 Å². The van der Waals surface area contributed by atoms with Crippen molar-refractivity contribution < 1.29 is 45.4 Å². The Labute approximate surface area is 127 Å². The zero-order chi connectivity index (χ0) is 18.3. The number of ether oxygens (including phenoxy) is 1. The highest BCUT2D eigenvalue weighted by atomic mass is 31.2. The van der Waals surface area contributed by atoms with Gasteiger partial charge in [0, 0.05) is 5.69 Å². The quantitative estimate of drug-likeness (QED) is 0.431. The van der Waals surface area contributed by atoms with Gasteiger partial charge in [-0.05, 0) is 17.7 Å². The largest absolute Gasteiger partial charge is 0.411 e. The first-order valence-electron chi connectivity index (χ1n) is 5.78. The van der Waals surface area contributed by atoms with E-state index in [-0.39, 0.29) is 6.16 Å². The topological polar surface area (TPSA) is 92.8 Å². The summed E-state index contributed by atoms with van der Waals surface area (Å²) < 4.78 is 80.7. The van der Waals surface area contributed by atoms with Crippen LogP contribution in [0.15, 0.2) is 24.3 Å². The van der Waals surface area contributed by atoms with E-state index in [9.17, 15) is 30.9 Å². The molecule has 0 spiro atoms. The summed E-state index contributed by atoms with van der Waals surface area (Å²) in [4.78, 5) is 17.2. The van der Waals surface area contributed by atoms with E-state index in [1.165, 1.54) is 0 Å². The van der Waals surface area contributed by atoms with E-state index in [1.54, 1.807) is 24.3 Å². The van der Waals surface area contributed by atoms with E-state index >= 15 is 0 Å². The summed E-state index contributed by atoms with van der Waals surface area (Å²) in [6.07, 6.45) is -9.64. The smallest absolute Gasteiger partial charge is 0.399 e. The summed E-state index contributed by atoms with van der Waals surface area (Å²) in [5.41, 5.74) is 6.58. The third kappa shape index (κ3) is 15.4. The molecule has 5 nitrogen and oxygen atoms in total. The van der Waals surface area contributed by atoms with Gasteiger partial charge in [-0.1, -0.05) is 12.1 Å². The molecule has 0 aliphatic heterocycles. The molecule has 1 aromatic rings. The molecule has 0 saturated carbocycles. The van der Waals surface area contributed by atoms with E-state index in [0.717, 1.165) is 0 Å². The number of alkyl halides is 6. The number of halogens is 6. The Morgan fingerprint density at radius 1 is 0.957 bits per heavy atom. The van der Waals surface area contributed by atoms with Crippen molar-refractivity contribution in [3.8, 4) is 0 Å². The third-order valence-electron chi connectivity index (χ3n) is 1.90. The maximum atomic E-state index is 11.1. The predicted octanol–water partition coefficient (Wildman–Crippen LogP) is 3.07. The second-order valence-corrected chi connectivity index (χ2v) is 5.93. The molecule has 1 aromatic carbocycles. The molecular weight excluding hydrogens is 355 g/mol. The Morgan fingerprint density at radius 2 is 1.35 bits per heavy atom. The van der Waals surface area contributed by atoms with Crippen LogP contribution in [-0.2, 0) is 15.5 Å². The molecule has 0 saturated heterocycles. The van der Waals surface area contributed by atoms with Gasteiger partial charge >= 0.3 is 19.9 Å². The van der Waals surface area contributed by atoms with Crippen LogP contribution in [-0.4, -0.2) is 35.4 Å². The summed E-state index contributed by atoms with van der Waals surface area (Å²) in [5.74, 6) is 0. The van der Waals surface area contributed by atoms with E-state index < -0.39 is 33.2 Å². The molecule has 0 radical (unpaired) electrons. The summed E-state index contributed by atoms with van der Waals surface area (Å²) in [6.45, 7) is -3.74. The Kier molecular flexibility index (Phi) is 8.05. The first kappa shape index (κ1) is 21.7. The van der Waals surface area contributed by atoms with Crippen molar-refractivity contribution >= 4 is 13.3 Å². The Bertz CT molecular complexity index is 497. The highest BCUT2D eigenvalue weighted by Gasteiger charge is 2.32. The lowest BCUT2D eigenvalue weighted by molar-refractivity contribution is -0.219. The standard InChI is InChI=1S/C7H10NO3P.C4H4F6O/c8-7-3-1-6(2-4-7)5-12(9,10)11;5-3(6,7)1-11-2-4(8,9)10/h1-4H,5,8H2,(H2,9,10,11);1-2H2. The second kappa shape index (κ2) is 8.53. The Hall–Kier alpha value is -1.29. The highest BCUT2D eigenvalue weighted by Crippen LogP contribution is 2.38. The monoisotopic (exact) mass is 369 g/mol. The number of nitrogen functional groups attached to an aromatic ring is 1. The predicted molar refractivity (Wildman–Crippen MR) is 69.5 cm³/mol. The summed E-state index contributed by atoms with van der Waals surface area (Å²) in [7, 11) is -3.94. The lowest BCUT2D eigenvalue weighted by Crippen LogP contribution is -2.23. The molecule has 4 N–H and O–H groups in total. The lowest BCUT2D eigenvalue weighted by Gasteiger charge is -2.09. The summed E-state index contributed by atoms with van der Waals surface area (Å²) >= 11 is 0. The number of hydrogen-bond acceptors (Lipinski definition) is 3. The molecular formula is C11H14F6NO4P. The van der Waals surface area contributed by atoms with Gasteiger partial charge in [-0.25, -0.2) is 0 Å². The van der Waals surface area contributed by atoms with E-state index in [0.29, 0.717) is 11.3 Å². The lowest BCUT2D eigenvalue weighted by atomic mass is 10.2. The number of nitrogens with two attached hydrogens (primary N) is 1. The maximum Gasteiger partial charge on any atom is 0.411 e. The fourth-order valence-corrected chi connectivity index (χ4v) is 1.83. The maximum absolute atomic E-state index is 11.1. The average Bonchev–Trinajstić information content (AvgIpc) is 2.27. The van der Waals surface area contributed by atoms with Crippen LogP contribution in [0.4, 0.5) is 32.0 Å². The van der Waals surface area contributed by atoms with E-state index in [2.05, 4.69) is 4.74 Å². The highest BCUT2D eigenvalue weighted by molar-refractivity contribution is 7.50. The minimum atomic E-state index is -4.70. The van der Waals surface area contributed by atoms with Crippen LogP contribution in [0.1, 0.15) is 5.56 Å². The molecule has 0 amide bonds. The molecule has 0 aliphatic rings. The molecule has 0 fully saturated rings. The van der Waals surface area contributed by atoms with Crippen molar-refractivity contribution in [2.75, 3.05) is 18.9 Å². The van der Waals surface area contributed by atoms with Gasteiger partial charge in [0.05, 0.1) is 6.16 Å². The third-order valence-corrected chi connectivity index (χ3v) is 2.68. The summed E-state index contributed by atoms with van der Waals surface area (Å²) in [6, 6.07) is 6.44. The van der Waals surface area contributed by atoms with Crippen LogP contribution in [0, 0.1) is 0 Å². The number of benzene rings is 1. The van der Waals surface area contributed by atoms with Gasteiger partial charge in [-0.15, -0.1) is 0 Å². The molecule has 0 aliphatic carbocycles. The molecule has 0 atom stereocenters. The number of hydrogen-bond donors (Lipinski definition) is 3. The van der Waals surface area contributed by atoms with Crippen molar-refractivity contribution in [1.82, 2.24) is 0 Å². The molecule has 0 aromatic heterocycles. The molecule has 0 unspecified atom stereocenters. The van der Waals surface area contributed by atoms with Gasteiger partial charge < -0.3 is 20.3 Å². The van der Waals surface area contributed by atoms with Gasteiger partial charge in [0.15, 0.2) is 0 Å². The van der Waals surface area contributed by atoms with Crippen molar-refractivity contribution in [3.63, 3.8) is 0 Å². The minimum absolute atomic E-state index is 0.229. The Balaban J connectivity index is 0.000000423. The van der Waals surface area contributed by atoms with Crippen LogP contribution in [0.2, 0.25) is 0 Å². The fraction of sp³-hybridized carbons (Fsp3) is 0.455. The zero-order valence-corrected chi connectivity index (χ0v) is 12.3. The molecule has 23 heavy (non-hydrogen) atoms. The minimum Gasteiger partial charge on any atom is -0.399 e. The first-order valence-corrected chi connectivity index (χ1v) is 7.58. The molecule has 12 heteroatoms. The van der Waals surface area contributed by atoms with Crippen LogP contribution in [0.25, 0.3) is 0 Å². The fourth-order valence-electron chi connectivity index (χ4n) is 1.14. The van der Waals surface area contributed by atoms with Crippen molar-refractivity contribution in [3.05, 3.63) is 29.8 Å². The molecule has 0 bridgehead atoms. The molecule has 134 valence electrons.